The van der Waals surface area contributed by atoms with E-state index < -0.39 is 5.41 Å². The number of nitrogens with zero attached hydrogens (tertiary/aromatic N) is 1. The van der Waals surface area contributed by atoms with Crippen molar-refractivity contribution in [3.05, 3.63) is 0 Å². The van der Waals surface area contributed by atoms with Gasteiger partial charge in [0.05, 0.1) is 6.07 Å². The fourth-order valence-electron chi connectivity index (χ4n) is 1.45. The molecular formula is C12H22N2O2. The Bertz CT molecular complexity index is 250. The second kappa shape index (κ2) is 7.24. The first-order valence-corrected chi connectivity index (χ1v) is 5.78. The number of carbonyl (C=O) groups excluding carboxylic acids is 1. The lowest BCUT2D eigenvalue weighted by molar-refractivity contribution is -0.127. The highest BCUT2D eigenvalue weighted by Crippen LogP contribution is 2.14. The van der Waals surface area contributed by atoms with Crippen molar-refractivity contribution < 1.29 is 9.90 Å². The Labute approximate surface area is 97.7 Å². The third kappa shape index (κ3) is 5.13. The van der Waals surface area contributed by atoms with Gasteiger partial charge in [-0.05, 0) is 32.6 Å². The first kappa shape index (κ1) is 14.9. The Balaban J connectivity index is 4.11. The van der Waals surface area contributed by atoms with Gasteiger partial charge in [0, 0.05) is 13.2 Å². The highest BCUT2D eigenvalue weighted by molar-refractivity contribution is 5.84. The minimum absolute atomic E-state index is 0.141. The van der Waals surface area contributed by atoms with Gasteiger partial charge in [0.15, 0.2) is 0 Å². The molecule has 0 radical (unpaired) electrons. The average molecular weight is 226 g/mol. The van der Waals surface area contributed by atoms with Gasteiger partial charge in [-0.1, -0.05) is 13.3 Å². The second-order valence-electron chi connectivity index (χ2n) is 4.61. The van der Waals surface area contributed by atoms with E-state index in [1.165, 1.54) is 0 Å². The van der Waals surface area contributed by atoms with Crippen LogP contribution in [0.15, 0.2) is 0 Å². The van der Waals surface area contributed by atoms with Crippen molar-refractivity contribution >= 4 is 5.91 Å². The van der Waals surface area contributed by atoms with E-state index in [9.17, 15) is 4.79 Å². The predicted molar refractivity (Wildman–Crippen MR) is 62.5 cm³/mol. The summed E-state index contributed by atoms with van der Waals surface area (Å²) in [5, 5.41) is 20.4. The molecule has 0 spiro atoms. The average Bonchev–Trinajstić information content (AvgIpc) is 2.26. The molecule has 0 saturated carbocycles. The lowest BCUT2D eigenvalue weighted by Gasteiger charge is -2.19. The predicted octanol–water partition coefficient (Wildman–Crippen LogP) is 1.45. The molecular weight excluding hydrogens is 204 g/mol. The third-order valence-electron chi connectivity index (χ3n) is 2.63. The van der Waals surface area contributed by atoms with E-state index in [4.69, 9.17) is 10.4 Å². The number of hydrogen-bond donors (Lipinski definition) is 2. The molecule has 0 aliphatic heterocycles. The molecule has 1 atom stereocenters. The molecule has 0 fully saturated rings. The van der Waals surface area contributed by atoms with Gasteiger partial charge in [-0.25, -0.2) is 0 Å². The molecule has 0 aromatic rings. The summed E-state index contributed by atoms with van der Waals surface area (Å²) in [4.78, 5) is 11.6. The van der Waals surface area contributed by atoms with Gasteiger partial charge >= 0.3 is 0 Å². The number of aliphatic hydroxyl groups excluding tert-OH is 1. The largest absolute Gasteiger partial charge is 0.396 e. The molecule has 16 heavy (non-hydrogen) atoms. The van der Waals surface area contributed by atoms with Crippen LogP contribution in [-0.2, 0) is 4.79 Å². The second-order valence-corrected chi connectivity index (χ2v) is 4.61. The molecule has 0 bridgehead atoms. The molecule has 0 aromatic heterocycles. The van der Waals surface area contributed by atoms with Crippen LogP contribution in [0.3, 0.4) is 0 Å². The molecule has 4 heteroatoms. The van der Waals surface area contributed by atoms with Crippen molar-refractivity contribution in [3.8, 4) is 6.07 Å². The quantitative estimate of drug-likeness (QED) is 0.690. The summed E-state index contributed by atoms with van der Waals surface area (Å²) in [5.74, 6) is 0.0579. The Kier molecular flexibility index (Phi) is 6.75. The number of rotatable bonds is 7. The van der Waals surface area contributed by atoms with Crippen molar-refractivity contribution in [2.45, 2.75) is 40.0 Å². The maximum Gasteiger partial charge on any atom is 0.239 e. The van der Waals surface area contributed by atoms with Crippen LogP contribution in [0, 0.1) is 22.7 Å². The molecule has 2 N–H and O–H groups in total. The fourth-order valence-corrected chi connectivity index (χ4v) is 1.45. The number of carbonyl (C=O) groups is 1. The summed E-state index contributed by atoms with van der Waals surface area (Å²) in [6, 6.07) is 1.97. The molecule has 92 valence electrons. The molecule has 0 rings (SSSR count). The van der Waals surface area contributed by atoms with Gasteiger partial charge in [0.25, 0.3) is 0 Å². The van der Waals surface area contributed by atoms with Crippen LogP contribution >= 0.6 is 0 Å². The van der Waals surface area contributed by atoms with Crippen molar-refractivity contribution in [2.24, 2.45) is 11.3 Å². The highest BCUT2D eigenvalue weighted by Gasteiger charge is 2.27. The minimum atomic E-state index is -0.976. The summed E-state index contributed by atoms with van der Waals surface area (Å²) >= 11 is 0. The summed E-state index contributed by atoms with van der Waals surface area (Å²) in [6.45, 7) is 5.96. The highest BCUT2D eigenvalue weighted by atomic mass is 16.3. The van der Waals surface area contributed by atoms with Crippen molar-refractivity contribution in [3.63, 3.8) is 0 Å². The zero-order valence-electron chi connectivity index (χ0n) is 10.4. The van der Waals surface area contributed by atoms with Gasteiger partial charge in [-0.15, -0.1) is 0 Å². The van der Waals surface area contributed by atoms with Gasteiger partial charge in [0.2, 0.25) is 5.91 Å². The SMILES string of the molecule is CCCC(CCO)CNC(=O)C(C)(C)C#N. The first-order chi connectivity index (χ1) is 7.47. The van der Waals surface area contributed by atoms with Crippen LogP contribution in [-0.4, -0.2) is 24.2 Å². The zero-order chi connectivity index (χ0) is 12.6. The van der Waals surface area contributed by atoms with Crippen LogP contribution in [0.1, 0.15) is 40.0 Å². The van der Waals surface area contributed by atoms with Gasteiger partial charge in [-0.3, -0.25) is 4.79 Å². The van der Waals surface area contributed by atoms with E-state index in [0.29, 0.717) is 18.9 Å². The fraction of sp³-hybridized carbons (Fsp3) is 0.833. The Morgan fingerprint density at radius 2 is 2.12 bits per heavy atom. The first-order valence-electron chi connectivity index (χ1n) is 5.78. The molecule has 0 aliphatic carbocycles. The number of amides is 1. The molecule has 0 aliphatic rings. The maximum atomic E-state index is 11.6. The van der Waals surface area contributed by atoms with Crippen molar-refractivity contribution in [2.75, 3.05) is 13.2 Å². The lowest BCUT2D eigenvalue weighted by Crippen LogP contribution is -2.38. The van der Waals surface area contributed by atoms with E-state index in [1.807, 2.05) is 6.07 Å². The Morgan fingerprint density at radius 1 is 1.50 bits per heavy atom. The topological polar surface area (TPSA) is 73.1 Å². The van der Waals surface area contributed by atoms with Crippen molar-refractivity contribution in [1.82, 2.24) is 5.32 Å². The minimum Gasteiger partial charge on any atom is -0.396 e. The monoisotopic (exact) mass is 226 g/mol. The zero-order valence-corrected chi connectivity index (χ0v) is 10.4. The molecule has 0 saturated heterocycles. The summed E-state index contributed by atoms with van der Waals surface area (Å²) in [6.07, 6.45) is 2.71. The summed E-state index contributed by atoms with van der Waals surface area (Å²) in [5.41, 5.74) is -0.976. The van der Waals surface area contributed by atoms with Crippen LogP contribution in [0.5, 0.6) is 0 Å². The molecule has 0 aromatic carbocycles. The number of nitrogens with one attached hydrogen (secondary N) is 1. The molecule has 0 heterocycles. The van der Waals surface area contributed by atoms with Crippen LogP contribution in [0.2, 0.25) is 0 Å². The molecule has 4 nitrogen and oxygen atoms in total. The van der Waals surface area contributed by atoms with E-state index >= 15 is 0 Å². The van der Waals surface area contributed by atoms with E-state index in [-0.39, 0.29) is 12.5 Å². The van der Waals surface area contributed by atoms with Gasteiger partial charge in [0.1, 0.15) is 5.41 Å². The van der Waals surface area contributed by atoms with E-state index in [0.717, 1.165) is 12.8 Å². The summed E-state index contributed by atoms with van der Waals surface area (Å²) < 4.78 is 0. The van der Waals surface area contributed by atoms with E-state index in [1.54, 1.807) is 13.8 Å². The smallest absolute Gasteiger partial charge is 0.239 e. The van der Waals surface area contributed by atoms with Crippen LogP contribution in [0.25, 0.3) is 0 Å². The number of nitriles is 1. The summed E-state index contributed by atoms with van der Waals surface area (Å²) in [7, 11) is 0. The maximum absolute atomic E-state index is 11.6. The Hall–Kier alpha value is -1.08. The normalized spacial score (nSPS) is 12.9. The van der Waals surface area contributed by atoms with Crippen molar-refractivity contribution in [1.29, 1.82) is 5.26 Å². The number of aliphatic hydroxyl groups is 1. The lowest BCUT2D eigenvalue weighted by atomic mass is 9.93. The Morgan fingerprint density at radius 3 is 2.56 bits per heavy atom. The molecule has 1 unspecified atom stereocenters. The van der Waals surface area contributed by atoms with E-state index in [2.05, 4.69) is 12.2 Å². The number of hydrogen-bond acceptors (Lipinski definition) is 3. The van der Waals surface area contributed by atoms with Crippen LogP contribution < -0.4 is 5.32 Å². The van der Waals surface area contributed by atoms with Gasteiger partial charge < -0.3 is 10.4 Å². The standard InChI is InChI=1S/C12H22N2O2/c1-4-5-10(6-7-15)8-14-11(16)12(2,3)9-13/h10,15H,4-8H2,1-3H3,(H,14,16). The third-order valence-corrected chi connectivity index (χ3v) is 2.63. The van der Waals surface area contributed by atoms with Crippen LogP contribution in [0.4, 0.5) is 0 Å². The molecule has 1 amide bonds. The van der Waals surface area contributed by atoms with Gasteiger partial charge in [-0.2, -0.15) is 5.26 Å².